The Labute approximate surface area is 139 Å². The summed E-state index contributed by atoms with van der Waals surface area (Å²) in [6, 6.07) is 11.4. The first-order valence-electron chi connectivity index (χ1n) is 7.88. The molecule has 0 aromatic heterocycles. The predicted molar refractivity (Wildman–Crippen MR) is 88.1 cm³/mol. The van der Waals surface area contributed by atoms with Gasteiger partial charge in [-0.05, 0) is 36.1 Å². The van der Waals surface area contributed by atoms with Gasteiger partial charge in [0.1, 0.15) is 5.82 Å². The molecule has 0 bridgehead atoms. The summed E-state index contributed by atoms with van der Waals surface area (Å²) in [7, 11) is 0. The predicted octanol–water partition coefficient (Wildman–Crippen LogP) is 3.49. The van der Waals surface area contributed by atoms with Crippen molar-refractivity contribution >= 4 is 11.9 Å². The van der Waals surface area contributed by atoms with E-state index in [2.05, 4.69) is 0 Å². The van der Waals surface area contributed by atoms with E-state index in [4.69, 9.17) is 5.73 Å². The highest BCUT2D eigenvalue weighted by Crippen LogP contribution is 2.42. The van der Waals surface area contributed by atoms with Crippen molar-refractivity contribution in [2.24, 2.45) is 5.73 Å². The van der Waals surface area contributed by atoms with Crippen molar-refractivity contribution in [3.8, 4) is 11.1 Å². The second kappa shape index (κ2) is 6.07. The molecule has 2 aromatic carbocycles. The lowest BCUT2D eigenvalue weighted by Gasteiger charge is -2.25. The smallest absolute Gasteiger partial charge is 0.314 e. The Morgan fingerprint density at radius 2 is 1.75 bits per heavy atom. The molecule has 1 aliphatic rings. The number of carbonyl (C=O) groups excluding carboxylic acids is 1. The second-order valence-electron chi connectivity index (χ2n) is 6.21. The number of hydrogen-bond acceptors (Lipinski definition) is 2. The minimum atomic E-state index is -0.909. The molecular formula is C19H18FNO3. The molecule has 1 aliphatic carbocycles. The summed E-state index contributed by atoms with van der Waals surface area (Å²) in [5.74, 6) is -2.36. The summed E-state index contributed by atoms with van der Waals surface area (Å²) >= 11 is 0. The van der Waals surface area contributed by atoms with Gasteiger partial charge in [-0.15, -0.1) is 0 Å². The van der Waals surface area contributed by atoms with Gasteiger partial charge in [-0.1, -0.05) is 43.2 Å². The van der Waals surface area contributed by atoms with E-state index in [9.17, 15) is 19.1 Å². The van der Waals surface area contributed by atoms with Crippen molar-refractivity contribution in [2.75, 3.05) is 0 Å². The average Bonchev–Trinajstić information content (AvgIpc) is 3.06. The number of carboxylic acids is 1. The van der Waals surface area contributed by atoms with Crippen molar-refractivity contribution in [3.05, 3.63) is 59.4 Å². The van der Waals surface area contributed by atoms with Crippen LogP contribution < -0.4 is 5.73 Å². The number of aliphatic carboxylic acids is 1. The van der Waals surface area contributed by atoms with E-state index >= 15 is 0 Å². The Bertz CT molecular complexity index is 810. The number of benzene rings is 2. The van der Waals surface area contributed by atoms with Crippen LogP contribution in [0, 0.1) is 5.82 Å². The highest BCUT2D eigenvalue weighted by molar-refractivity contribution is 5.94. The van der Waals surface area contributed by atoms with E-state index in [0.717, 1.165) is 12.8 Å². The molecule has 0 atom stereocenters. The molecule has 4 nitrogen and oxygen atoms in total. The van der Waals surface area contributed by atoms with E-state index in [1.807, 2.05) is 0 Å². The maximum absolute atomic E-state index is 14.6. The van der Waals surface area contributed by atoms with Crippen LogP contribution in [0.2, 0.25) is 0 Å². The van der Waals surface area contributed by atoms with E-state index in [1.165, 1.54) is 6.07 Å². The van der Waals surface area contributed by atoms with Gasteiger partial charge in [0.05, 0.1) is 11.0 Å². The normalized spacial score (nSPS) is 16.0. The average molecular weight is 327 g/mol. The van der Waals surface area contributed by atoms with Crippen LogP contribution in [0.1, 0.15) is 41.6 Å². The number of amides is 1. The van der Waals surface area contributed by atoms with Gasteiger partial charge in [-0.25, -0.2) is 4.39 Å². The number of carboxylic acid groups (broad SMARTS) is 1. The van der Waals surface area contributed by atoms with Crippen LogP contribution in [0.5, 0.6) is 0 Å². The Kier molecular flexibility index (Phi) is 4.09. The molecule has 3 N–H and O–H groups in total. The summed E-state index contributed by atoms with van der Waals surface area (Å²) in [5, 5.41) is 9.71. The highest BCUT2D eigenvalue weighted by Gasteiger charge is 2.42. The third-order valence-corrected chi connectivity index (χ3v) is 4.86. The van der Waals surface area contributed by atoms with Gasteiger partial charge in [0, 0.05) is 5.56 Å². The summed E-state index contributed by atoms with van der Waals surface area (Å²) in [6.45, 7) is 0. The number of hydrogen-bond donors (Lipinski definition) is 2. The molecular weight excluding hydrogens is 309 g/mol. The molecule has 0 aliphatic heterocycles. The zero-order chi connectivity index (χ0) is 17.3. The fourth-order valence-corrected chi connectivity index (χ4v) is 3.53. The first kappa shape index (κ1) is 16.2. The lowest BCUT2D eigenvalue weighted by atomic mass is 9.78. The summed E-state index contributed by atoms with van der Waals surface area (Å²) in [6.07, 6.45) is 2.88. The monoisotopic (exact) mass is 327 g/mol. The van der Waals surface area contributed by atoms with Gasteiger partial charge in [0.25, 0.3) is 5.91 Å². The zero-order valence-corrected chi connectivity index (χ0v) is 13.1. The maximum Gasteiger partial charge on any atom is 0.314 e. The van der Waals surface area contributed by atoms with Crippen LogP contribution in [0.25, 0.3) is 11.1 Å². The quantitative estimate of drug-likeness (QED) is 0.902. The zero-order valence-electron chi connectivity index (χ0n) is 13.1. The van der Waals surface area contributed by atoms with Gasteiger partial charge < -0.3 is 10.8 Å². The molecule has 0 radical (unpaired) electrons. The molecule has 24 heavy (non-hydrogen) atoms. The standard InChI is InChI=1S/C19H18FNO3/c20-16-14(7-4-8-15(16)17(21)22)12-5-3-6-13(11-12)19(18(23)24)9-1-2-10-19/h3-8,11H,1-2,9-10H2,(H2,21,22)(H,23,24). The van der Waals surface area contributed by atoms with Gasteiger partial charge in [0.2, 0.25) is 0 Å². The Balaban J connectivity index is 2.11. The van der Waals surface area contributed by atoms with Crippen LogP contribution in [0.4, 0.5) is 4.39 Å². The van der Waals surface area contributed by atoms with E-state index in [-0.39, 0.29) is 11.1 Å². The van der Waals surface area contributed by atoms with Gasteiger partial charge in [0.15, 0.2) is 0 Å². The Morgan fingerprint density at radius 1 is 1.08 bits per heavy atom. The third kappa shape index (κ3) is 2.56. The molecule has 0 saturated heterocycles. The first-order valence-corrected chi connectivity index (χ1v) is 7.88. The number of nitrogens with two attached hydrogens (primary N) is 1. The molecule has 2 aromatic rings. The molecule has 1 fully saturated rings. The van der Waals surface area contributed by atoms with Crippen molar-refractivity contribution in [1.82, 2.24) is 0 Å². The van der Waals surface area contributed by atoms with E-state index in [0.29, 0.717) is 24.0 Å². The summed E-state index contributed by atoms with van der Waals surface area (Å²) < 4.78 is 14.6. The lowest BCUT2D eigenvalue weighted by molar-refractivity contribution is -0.143. The van der Waals surface area contributed by atoms with Crippen LogP contribution in [-0.4, -0.2) is 17.0 Å². The molecule has 0 unspecified atom stereocenters. The van der Waals surface area contributed by atoms with Crippen LogP contribution in [0.3, 0.4) is 0 Å². The lowest BCUT2D eigenvalue weighted by Crippen LogP contribution is -2.32. The van der Waals surface area contributed by atoms with E-state index < -0.39 is 23.1 Å². The fourth-order valence-electron chi connectivity index (χ4n) is 3.53. The fraction of sp³-hybridized carbons (Fsp3) is 0.263. The topological polar surface area (TPSA) is 80.4 Å². The molecule has 0 spiro atoms. The van der Waals surface area contributed by atoms with Crippen molar-refractivity contribution in [2.45, 2.75) is 31.1 Å². The van der Waals surface area contributed by atoms with Crippen LogP contribution >= 0.6 is 0 Å². The molecule has 1 amide bonds. The first-order chi connectivity index (χ1) is 11.5. The molecule has 5 heteroatoms. The molecule has 1 saturated carbocycles. The number of carbonyl (C=O) groups is 2. The van der Waals surface area contributed by atoms with Gasteiger partial charge >= 0.3 is 5.97 Å². The van der Waals surface area contributed by atoms with Gasteiger partial charge in [-0.3, -0.25) is 9.59 Å². The van der Waals surface area contributed by atoms with Crippen molar-refractivity contribution in [3.63, 3.8) is 0 Å². The maximum atomic E-state index is 14.6. The number of rotatable bonds is 4. The SMILES string of the molecule is NC(=O)c1cccc(-c2cccc(C3(C(=O)O)CCCC3)c2)c1F. The highest BCUT2D eigenvalue weighted by atomic mass is 19.1. The summed E-state index contributed by atoms with van der Waals surface area (Å²) in [4.78, 5) is 23.2. The largest absolute Gasteiger partial charge is 0.481 e. The van der Waals surface area contributed by atoms with Crippen molar-refractivity contribution < 1.29 is 19.1 Å². The molecule has 3 rings (SSSR count). The summed E-state index contributed by atoms with van der Waals surface area (Å²) in [5.41, 5.74) is 5.57. The third-order valence-electron chi connectivity index (χ3n) is 4.86. The minimum Gasteiger partial charge on any atom is -0.481 e. The van der Waals surface area contributed by atoms with E-state index in [1.54, 1.807) is 36.4 Å². The number of primary amides is 1. The molecule has 124 valence electrons. The minimum absolute atomic E-state index is 0.174. The van der Waals surface area contributed by atoms with Crippen LogP contribution in [-0.2, 0) is 10.2 Å². The number of halogens is 1. The molecule has 0 heterocycles. The Morgan fingerprint density at radius 3 is 2.38 bits per heavy atom. The Hall–Kier alpha value is -2.69. The van der Waals surface area contributed by atoms with Crippen LogP contribution in [0.15, 0.2) is 42.5 Å². The van der Waals surface area contributed by atoms with Crippen molar-refractivity contribution in [1.29, 1.82) is 0 Å². The second-order valence-corrected chi connectivity index (χ2v) is 6.21. The van der Waals surface area contributed by atoms with Gasteiger partial charge in [-0.2, -0.15) is 0 Å².